The van der Waals surface area contributed by atoms with Crippen molar-refractivity contribution in [3.8, 4) is 5.75 Å². The van der Waals surface area contributed by atoms with Crippen molar-refractivity contribution < 1.29 is 19.1 Å². The Kier molecular flexibility index (Phi) is 7.37. The standard InChI is InChI=1S/C25H23N3O4/c1-17(29)26-19-13-10-18(11-14-19)12-15-24(30)28-23-9-4-3-8-22(23)25(31)27-20-6-5-7-21(16-20)32-2/h3-16H,1-2H3,(H,26,29)(H,27,31)(H,28,30)/b15-12+. The molecule has 3 N–H and O–H groups in total. The Balaban J connectivity index is 1.67. The molecule has 0 saturated carbocycles. The van der Waals surface area contributed by atoms with Gasteiger partial charge < -0.3 is 20.7 Å². The maximum absolute atomic E-state index is 12.8. The van der Waals surface area contributed by atoms with E-state index in [1.54, 1.807) is 86.0 Å². The molecule has 0 fully saturated rings. The maximum Gasteiger partial charge on any atom is 0.257 e. The Morgan fingerprint density at radius 2 is 1.56 bits per heavy atom. The summed E-state index contributed by atoms with van der Waals surface area (Å²) in [6.45, 7) is 1.44. The second kappa shape index (κ2) is 10.6. The Labute approximate surface area is 186 Å². The first kappa shape index (κ1) is 22.3. The van der Waals surface area contributed by atoms with Gasteiger partial charge in [0.1, 0.15) is 5.75 Å². The zero-order valence-electron chi connectivity index (χ0n) is 17.7. The van der Waals surface area contributed by atoms with Crippen LogP contribution in [-0.4, -0.2) is 24.8 Å². The van der Waals surface area contributed by atoms with Crippen LogP contribution in [0, 0.1) is 0 Å². The molecule has 3 rings (SSSR count). The second-order valence-corrected chi connectivity index (χ2v) is 6.86. The summed E-state index contributed by atoms with van der Waals surface area (Å²) in [5, 5.41) is 8.23. The van der Waals surface area contributed by atoms with Crippen molar-refractivity contribution in [3.63, 3.8) is 0 Å². The molecular weight excluding hydrogens is 406 g/mol. The number of carbonyl (C=O) groups is 3. The molecule has 0 heterocycles. The normalized spacial score (nSPS) is 10.4. The fourth-order valence-corrected chi connectivity index (χ4v) is 2.92. The van der Waals surface area contributed by atoms with E-state index in [9.17, 15) is 14.4 Å². The molecule has 0 bridgehead atoms. The van der Waals surface area contributed by atoms with Crippen LogP contribution in [0.5, 0.6) is 5.75 Å². The number of carbonyl (C=O) groups excluding carboxylic acids is 3. The molecule has 7 nitrogen and oxygen atoms in total. The average Bonchev–Trinajstić information content (AvgIpc) is 2.78. The maximum atomic E-state index is 12.8. The number of rotatable bonds is 7. The van der Waals surface area contributed by atoms with Crippen LogP contribution in [0.2, 0.25) is 0 Å². The molecule has 0 aliphatic heterocycles. The molecule has 0 aromatic heterocycles. The molecule has 0 saturated heterocycles. The Morgan fingerprint density at radius 1 is 0.812 bits per heavy atom. The van der Waals surface area contributed by atoms with Crippen LogP contribution >= 0.6 is 0 Å². The smallest absolute Gasteiger partial charge is 0.257 e. The highest BCUT2D eigenvalue weighted by atomic mass is 16.5. The third-order valence-corrected chi connectivity index (χ3v) is 4.42. The summed E-state index contributed by atoms with van der Waals surface area (Å²) in [4.78, 5) is 36.2. The van der Waals surface area contributed by atoms with E-state index < -0.39 is 0 Å². The summed E-state index contributed by atoms with van der Waals surface area (Å²) in [5.74, 6) is -0.259. The summed E-state index contributed by atoms with van der Waals surface area (Å²) < 4.78 is 5.17. The van der Waals surface area contributed by atoms with E-state index in [0.29, 0.717) is 28.4 Å². The molecule has 7 heteroatoms. The van der Waals surface area contributed by atoms with Crippen LogP contribution < -0.4 is 20.7 Å². The predicted octanol–water partition coefficient (Wildman–Crippen LogP) is 4.56. The van der Waals surface area contributed by atoms with Crippen LogP contribution in [0.3, 0.4) is 0 Å². The van der Waals surface area contributed by atoms with Gasteiger partial charge in [0, 0.05) is 30.4 Å². The van der Waals surface area contributed by atoms with E-state index in [0.717, 1.165) is 5.56 Å². The topological polar surface area (TPSA) is 96.5 Å². The van der Waals surface area contributed by atoms with Crippen LogP contribution in [0.25, 0.3) is 6.08 Å². The van der Waals surface area contributed by atoms with E-state index in [2.05, 4.69) is 16.0 Å². The fraction of sp³-hybridized carbons (Fsp3) is 0.0800. The summed E-state index contributed by atoms with van der Waals surface area (Å²) in [6.07, 6.45) is 3.02. The van der Waals surface area contributed by atoms with Crippen molar-refractivity contribution in [2.75, 3.05) is 23.1 Å². The highest BCUT2D eigenvalue weighted by molar-refractivity contribution is 6.11. The van der Waals surface area contributed by atoms with Crippen molar-refractivity contribution in [2.24, 2.45) is 0 Å². The van der Waals surface area contributed by atoms with Gasteiger partial charge in [0.15, 0.2) is 0 Å². The van der Waals surface area contributed by atoms with E-state index in [-0.39, 0.29) is 17.7 Å². The van der Waals surface area contributed by atoms with Gasteiger partial charge in [-0.05, 0) is 48.0 Å². The Hall–Kier alpha value is -4.39. The van der Waals surface area contributed by atoms with Gasteiger partial charge in [0.25, 0.3) is 5.91 Å². The predicted molar refractivity (Wildman–Crippen MR) is 126 cm³/mol. The third-order valence-electron chi connectivity index (χ3n) is 4.42. The molecule has 0 unspecified atom stereocenters. The minimum atomic E-state index is -0.377. The lowest BCUT2D eigenvalue weighted by molar-refractivity contribution is -0.114. The molecular formula is C25H23N3O4. The minimum absolute atomic E-state index is 0.151. The molecule has 3 aromatic carbocycles. The summed E-state index contributed by atoms with van der Waals surface area (Å²) >= 11 is 0. The van der Waals surface area contributed by atoms with E-state index >= 15 is 0 Å². The number of ether oxygens (including phenoxy) is 1. The van der Waals surface area contributed by atoms with Gasteiger partial charge in [-0.25, -0.2) is 0 Å². The number of para-hydroxylation sites is 1. The van der Waals surface area contributed by atoms with Gasteiger partial charge in [0.2, 0.25) is 11.8 Å². The number of amides is 3. The zero-order chi connectivity index (χ0) is 22.9. The number of nitrogens with one attached hydrogen (secondary N) is 3. The Morgan fingerprint density at radius 3 is 2.28 bits per heavy atom. The lowest BCUT2D eigenvalue weighted by Gasteiger charge is -2.11. The third kappa shape index (κ3) is 6.30. The van der Waals surface area contributed by atoms with Crippen LogP contribution in [0.15, 0.2) is 78.9 Å². The molecule has 0 atom stereocenters. The quantitative estimate of drug-likeness (QED) is 0.480. The molecule has 0 aliphatic carbocycles. The SMILES string of the molecule is COc1cccc(NC(=O)c2ccccc2NC(=O)/C=C/c2ccc(NC(C)=O)cc2)c1. The van der Waals surface area contributed by atoms with Crippen molar-refractivity contribution in [1.29, 1.82) is 0 Å². The second-order valence-electron chi connectivity index (χ2n) is 6.86. The highest BCUT2D eigenvalue weighted by Gasteiger charge is 2.13. The largest absolute Gasteiger partial charge is 0.497 e. The Bertz CT molecular complexity index is 1150. The molecule has 32 heavy (non-hydrogen) atoms. The average molecular weight is 429 g/mol. The minimum Gasteiger partial charge on any atom is -0.497 e. The first-order valence-electron chi connectivity index (χ1n) is 9.86. The zero-order valence-corrected chi connectivity index (χ0v) is 17.7. The van der Waals surface area contributed by atoms with Crippen molar-refractivity contribution in [2.45, 2.75) is 6.92 Å². The number of benzene rings is 3. The monoisotopic (exact) mass is 429 g/mol. The van der Waals surface area contributed by atoms with Gasteiger partial charge in [-0.2, -0.15) is 0 Å². The number of hydrogen-bond donors (Lipinski definition) is 3. The molecule has 162 valence electrons. The van der Waals surface area contributed by atoms with Gasteiger partial charge >= 0.3 is 0 Å². The first-order chi connectivity index (χ1) is 15.4. The molecule has 3 aromatic rings. The van der Waals surface area contributed by atoms with Crippen molar-refractivity contribution in [1.82, 2.24) is 0 Å². The highest BCUT2D eigenvalue weighted by Crippen LogP contribution is 2.20. The number of methoxy groups -OCH3 is 1. The van der Waals surface area contributed by atoms with Gasteiger partial charge in [0.05, 0.1) is 18.4 Å². The van der Waals surface area contributed by atoms with E-state index in [1.165, 1.54) is 13.0 Å². The molecule has 0 spiro atoms. The molecule has 0 radical (unpaired) electrons. The number of hydrogen-bond acceptors (Lipinski definition) is 4. The lowest BCUT2D eigenvalue weighted by Crippen LogP contribution is -2.17. The first-order valence-corrected chi connectivity index (χ1v) is 9.86. The van der Waals surface area contributed by atoms with Gasteiger partial charge in [-0.3, -0.25) is 14.4 Å². The van der Waals surface area contributed by atoms with Crippen LogP contribution in [-0.2, 0) is 9.59 Å². The van der Waals surface area contributed by atoms with Gasteiger partial charge in [-0.1, -0.05) is 30.3 Å². The van der Waals surface area contributed by atoms with Crippen molar-refractivity contribution >= 4 is 40.9 Å². The van der Waals surface area contributed by atoms with Gasteiger partial charge in [-0.15, -0.1) is 0 Å². The summed E-state index contributed by atoms with van der Waals surface area (Å²) in [6, 6.07) is 20.8. The van der Waals surface area contributed by atoms with E-state index in [4.69, 9.17) is 4.74 Å². The van der Waals surface area contributed by atoms with Crippen LogP contribution in [0.1, 0.15) is 22.8 Å². The summed E-state index contributed by atoms with van der Waals surface area (Å²) in [5.41, 5.74) is 2.77. The lowest BCUT2D eigenvalue weighted by atomic mass is 10.1. The van der Waals surface area contributed by atoms with E-state index in [1.807, 2.05) is 0 Å². The fourth-order valence-electron chi connectivity index (χ4n) is 2.92. The number of anilines is 3. The molecule has 0 aliphatic rings. The summed E-state index contributed by atoms with van der Waals surface area (Å²) in [7, 11) is 1.55. The van der Waals surface area contributed by atoms with Crippen LogP contribution in [0.4, 0.5) is 17.1 Å². The van der Waals surface area contributed by atoms with Crippen molar-refractivity contribution in [3.05, 3.63) is 90.0 Å². The molecule has 3 amide bonds.